The molecule has 0 bridgehead atoms. The van der Waals surface area contributed by atoms with E-state index in [4.69, 9.17) is 9.47 Å². The molecule has 6 nitrogen and oxygen atoms in total. The van der Waals surface area contributed by atoms with Crippen molar-refractivity contribution in [1.29, 1.82) is 0 Å². The van der Waals surface area contributed by atoms with Crippen molar-refractivity contribution in [2.24, 2.45) is 0 Å². The van der Waals surface area contributed by atoms with E-state index < -0.39 is 6.10 Å². The summed E-state index contributed by atoms with van der Waals surface area (Å²) in [6.07, 6.45) is 2.37. The molecule has 0 amide bonds. The first kappa shape index (κ1) is 15.7. The fourth-order valence-corrected chi connectivity index (χ4v) is 2.67. The maximum atomic E-state index is 9.98. The van der Waals surface area contributed by atoms with Crippen molar-refractivity contribution in [3.8, 4) is 11.4 Å². The van der Waals surface area contributed by atoms with Gasteiger partial charge in [-0.15, -0.1) is 11.3 Å². The number of aliphatic hydroxyl groups excluding tert-OH is 1. The average Bonchev–Trinajstić information content (AvgIpc) is 3.27. The summed E-state index contributed by atoms with van der Waals surface area (Å²) in [6.45, 7) is 0.879. The molecule has 0 spiro atoms. The van der Waals surface area contributed by atoms with E-state index >= 15 is 0 Å². The van der Waals surface area contributed by atoms with Crippen molar-refractivity contribution >= 4 is 11.3 Å². The number of aromatic nitrogens is 3. The van der Waals surface area contributed by atoms with Crippen LogP contribution in [0.2, 0.25) is 0 Å². The normalized spacial score (nSPS) is 12.2. The van der Waals surface area contributed by atoms with Gasteiger partial charge in [-0.3, -0.25) is 0 Å². The minimum atomic E-state index is -0.696. The van der Waals surface area contributed by atoms with Crippen LogP contribution in [0.15, 0.2) is 54.4 Å². The fraction of sp³-hybridized carbons (Fsp3) is 0.250. The van der Waals surface area contributed by atoms with Crippen molar-refractivity contribution in [2.45, 2.75) is 12.7 Å². The first-order valence-electron chi connectivity index (χ1n) is 7.18. The maximum Gasteiger partial charge on any atom is 0.145 e. The Morgan fingerprint density at radius 3 is 2.87 bits per heavy atom. The molecule has 0 aliphatic carbocycles. The smallest absolute Gasteiger partial charge is 0.145 e. The monoisotopic (exact) mass is 331 g/mol. The van der Waals surface area contributed by atoms with Crippen LogP contribution in [0.5, 0.6) is 5.75 Å². The van der Waals surface area contributed by atoms with Crippen LogP contribution >= 0.6 is 11.3 Å². The number of hydrogen-bond acceptors (Lipinski definition) is 6. The number of benzene rings is 1. The molecule has 0 radical (unpaired) electrons. The highest BCUT2D eigenvalue weighted by Crippen LogP contribution is 2.21. The summed E-state index contributed by atoms with van der Waals surface area (Å²) in [6, 6.07) is 11.5. The molecule has 2 heterocycles. The van der Waals surface area contributed by atoms with Gasteiger partial charge in [0.2, 0.25) is 0 Å². The molecule has 120 valence electrons. The molecule has 0 saturated heterocycles. The Kier molecular flexibility index (Phi) is 5.36. The number of rotatable bonds is 8. The number of para-hydroxylation sites is 2. The lowest BCUT2D eigenvalue weighted by Gasteiger charge is -2.14. The Labute approximate surface area is 137 Å². The molecule has 2 aromatic heterocycles. The van der Waals surface area contributed by atoms with E-state index in [1.807, 2.05) is 41.8 Å². The van der Waals surface area contributed by atoms with Crippen molar-refractivity contribution in [3.63, 3.8) is 0 Å². The van der Waals surface area contributed by atoms with E-state index in [0.717, 1.165) is 10.6 Å². The lowest BCUT2D eigenvalue weighted by atomic mass is 10.3. The van der Waals surface area contributed by atoms with Crippen LogP contribution in [0.1, 0.15) is 4.88 Å². The summed E-state index contributed by atoms with van der Waals surface area (Å²) >= 11 is 1.63. The molecule has 23 heavy (non-hydrogen) atoms. The van der Waals surface area contributed by atoms with Gasteiger partial charge in [0.1, 0.15) is 36.8 Å². The third-order valence-electron chi connectivity index (χ3n) is 3.10. The van der Waals surface area contributed by atoms with Gasteiger partial charge in [0.25, 0.3) is 0 Å². The van der Waals surface area contributed by atoms with E-state index in [9.17, 15) is 5.11 Å². The number of ether oxygens (including phenoxy) is 2. The molecule has 1 aromatic carbocycles. The average molecular weight is 331 g/mol. The Morgan fingerprint density at radius 2 is 2.09 bits per heavy atom. The predicted molar refractivity (Wildman–Crippen MR) is 86.8 cm³/mol. The van der Waals surface area contributed by atoms with Crippen molar-refractivity contribution in [3.05, 3.63) is 59.3 Å². The molecule has 7 heteroatoms. The second kappa shape index (κ2) is 7.87. The van der Waals surface area contributed by atoms with Crippen LogP contribution in [0, 0.1) is 0 Å². The van der Waals surface area contributed by atoms with Gasteiger partial charge in [-0.2, -0.15) is 5.10 Å². The van der Waals surface area contributed by atoms with E-state index in [1.165, 1.54) is 6.33 Å². The third-order valence-corrected chi connectivity index (χ3v) is 3.95. The second-order valence-corrected chi connectivity index (χ2v) is 5.90. The highest BCUT2D eigenvalue weighted by atomic mass is 32.1. The van der Waals surface area contributed by atoms with Crippen LogP contribution in [0.25, 0.3) is 5.69 Å². The van der Waals surface area contributed by atoms with Gasteiger partial charge in [0.05, 0.1) is 13.2 Å². The molecule has 0 saturated carbocycles. The van der Waals surface area contributed by atoms with Crippen molar-refractivity contribution < 1.29 is 14.6 Å². The summed E-state index contributed by atoms with van der Waals surface area (Å²) in [4.78, 5) is 5.06. The molecular formula is C16H17N3O3S. The fourth-order valence-electron chi connectivity index (χ4n) is 2.03. The molecule has 1 N–H and O–H groups in total. The molecule has 1 unspecified atom stereocenters. The maximum absolute atomic E-state index is 9.98. The summed E-state index contributed by atoms with van der Waals surface area (Å²) in [7, 11) is 0. The van der Waals surface area contributed by atoms with Crippen LogP contribution < -0.4 is 4.74 Å². The van der Waals surface area contributed by atoms with E-state index in [-0.39, 0.29) is 13.2 Å². The molecule has 1 atom stereocenters. The van der Waals surface area contributed by atoms with Crippen LogP contribution in [0.4, 0.5) is 0 Å². The lowest BCUT2D eigenvalue weighted by Crippen LogP contribution is -2.23. The predicted octanol–water partition coefficient (Wildman–Crippen LogP) is 2.29. The molecule has 3 aromatic rings. The SMILES string of the molecule is OC(COCc1cccs1)COc1ccccc1-n1cncn1. The van der Waals surface area contributed by atoms with Gasteiger partial charge in [-0.25, -0.2) is 9.67 Å². The zero-order valence-corrected chi connectivity index (χ0v) is 13.2. The molecular weight excluding hydrogens is 314 g/mol. The van der Waals surface area contributed by atoms with Gasteiger partial charge >= 0.3 is 0 Å². The Hall–Kier alpha value is -2.22. The number of thiophene rings is 1. The zero-order valence-electron chi connectivity index (χ0n) is 12.4. The van der Waals surface area contributed by atoms with E-state index in [1.54, 1.807) is 22.3 Å². The summed E-state index contributed by atoms with van der Waals surface area (Å²) in [5.74, 6) is 0.635. The first-order valence-corrected chi connectivity index (χ1v) is 8.06. The van der Waals surface area contributed by atoms with Gasteiger partial charge in [0.15, 0.2) is 0 Å². The first-order chi connectivity index (χ1) is 11.3. The summed E-state index contributed by atoms with van der Waals surface area (Å²) in [5.41, 5.74) is 0.775. The van der Waals surface area contributed by atoms with Crippen LogP contribution in [-0.2, 0) is 11.3 Å². The Balaban J connectivity index is 1.50. The summed E-state index contributed by atoms with van der Waals surface area (Å²) in [5, 5.41) is 16.1. The lowest BCUT2D eigenvalue weighted by molar-refractivity contribution is 0.00623. The molecule has 0 fully saturated rings. The van der Waals surface area contributed by atoms with Crippen molar-refractivity contribution in [2.75, 3.05) is 13.2 Å². The topological polar surface area (TPSA) is 69.4 Å². The van der Waals surface area contributed by atoms with E-state index in [2.05, 4.69) is 10.1 Å². The van der Waals surface area contributed by atoms with Crippen LogP contribution in [0.3, 0.4) is 0 Å². The quantitative estimate of drug-likeness (QED) is 0.686. The minimum absolute atomic E-state index is 0.149. The van der Waals surface area contributed by atoms with Gasteiger partial charge < -0.3 is 14.6 Å². The highest BCUT2D eigenvalue weighted by molar-refractivity contribution is 7.09. The molecule has 0 aliphatic heterocycles. The van der Waals surface area contributed by atoms with Gasteiger partial charge in [-0.05, 0) is 23.6 Å². The Bertz CT molecular complexity index is 701. The molecule has 0 aliphatic rings. The third kappa shape index (κ3) is 4.38. The Morgan fingerprint density at radius 1 is 1.17 bits per heavy atom. The second-order valence-electron chi connectivity index (χ2n) is 4.87. The number of hydrogen-bond donors (Lipinski definition) is 1. The number of aliphatic hydroxyl groups is 1. The van der Waals surface area contributed by atoms with Gasteiger partial charge in [-0.1, -0.05) is 18.2 Å². The molecule has 3 rings (SSSR count). The van der Waals surface area contributed by atoms with E-state index in [0.29, 0.717) is 12.4 Å². The van der Waals surface area contributed by atoms with Gasteiger partial charge in [0, 0.05) is 4.88 Å². The highest BCUT2D eigenvalue weighted by Gasteiger charge is 2.10. The minimum Gasteiger partial charge on any atom is -0.489 e. The zero-order chi connectivity index (χ0) is 15.9. The largest absolute Gasteiger partial charge is 0.489 e. The standard InChI is InChI=1S/C16H17N3O3S/c20-13(8-21-10-14-4-3-7-23-14)9-22-16-6-2-1-5-15(16)19-12-17-11-18-19/h1-7,11-13,20H,8-10H2. The number of nitrogens with zero attached hydrogens (tertiary/aromatic N) is 3. The van der Waals surface area contributed by atoms with Crippen LogP contribution in [-0.4, -0.2) is 39.2 Å². The summed E-state index contributed by atoms with van der Waals surface area (Å²) < 4.78 is 12.8. The van der Waals surface area contributed by atoms with Crippen molar-refractivity contribution in [1.82, 2.24) is 14.8 Å².